The molecule has 3 amide bonds. The van der Waals surface area contributed by atoms with E-state index >= 15 is 4.39 Å². The molecule has 6 aromatic heterocycles. The molecule has 104 heavy (non-hydrogen) atoms. The Morgan fingerprint density at radius 2 is 0.808 bits per heavy atom. The molecule has 28 heteroatoms. The third-order valence-electron chi connectivity index (χ3n) is 18.1. The van der Waals surface area contributed by atoms with Gasteiger partial charge in [0.05, 0.1) is 91.9 Å². The van der Waals surface area contributed by atoms with Crippen LogP contribution in [0.1, 0.15) is 43.8 Å². The SMILES string of the molecule is C=CC(=O)N1CCC[C@@H](n2c(=O)n(-c3ccc(Oc4cccc(F)c4Cl)cc3)c3cnccc32)C1.C=CC(=O)N1CC[C@@H](n2c(=O)n(-c3ccc(Oc4cccc(Cl)c4F)c(F)c3)c3cnccc32)C1.C=CC(=O)N1CC[C@@H](n2c(=O)n(-c3ccc(Oc4cccc(F)c4Cl)cc3)c3cnccc32)C1. The van der Waals surface area contributed by atoms with Gasteiger partial charge in [0.15, 0.2) is 23.1 Å². The Bertz CT molecular complexity index is 5540. The minimum atomic E-state index is -0.802. The zero-order valence-electron chi connectivity index (χ0n) is 55.1. The number of carbonyl (C=O) groups is 3. The third kappa shape index (κ3) is 14.0. The average molecular weight is 1470 g/mol. The Kier molecular flexibility index (Phi) is 20.7. The number of ether oxygens (including phenoxy) is 3. The lowest BCUT2D eigenvalue weighted by Crippen LogP contribution is -2.42. The second kappa shape index (κ2) is 30.4. The van der Waals surface area contributed by atoms with Crippen LogP contribution in [0.15, 0.2) is 229 Å². The molecule has 528 valence electrons. The van der Waals surface area contributed by atoms with Crippen molar-refractivity contribution in [2.24, 2.45) is 0 Å². The highest BCUT2D eigenvalue weighted by atomic mass is 35.5. The molecule has 15 rings (SSSR count). The Morgan fingerprint density at radius 3 is 1.23 bits per heavy atom. The molecule has 3 fully saturated rings. The molecule has 0 radical (unpaired) electrons. The van der Waals surface area contributed by atoms with E-state index in [1.807, 2.05) is 6.07 Å². The summed E-state index contributed by atoms with van der Waals surface area (Å²) in [5.41, 5.74) is 4.57. The molecule has 0 spiro atoms. The number of fused-ring (bicyclic) bond motifs is 3. The summed E-state index contributed by atoms with van der Waals surface area (Å²) in [6.07, 6.45) is 16.4. The van der Waals surface area contributed by atoms with Gasteiger partial charge in [0.25, 0.3) is 0 Å². The van der Waals surface area contributed by atoms with Crippen molar-refractivity contribution in [2.45, 2.75) is 43.8 Å². The van der Waals surface area contributed by atoms with E-state index in [4.69, 9.17) is 49.0 Å². The number of rotatable bonds is 15. The molecular weight excluding hydrogens is 1410 g/mol. The second-order valence-electron chi connectivity index (χ2n) is 24.3. The van der Waals surface area contributed by atoms with Crippen molar-refractivity contribution in [2.75, 3.05) is 39.3 Å². The number of imidazole rings is 3. The first-order valence-electron chi connectivity index (χ1n) is 32.7. The predicted molar refractivity (Wildman–Crippen MR) is 386 cm³/mol. The summed E-state index contributed by atoms with van der Waals surface area (Å²) in [7, 11) is 0. The number of benzene rings is 6. The highest BCUT2D eigenvalue weighted by molar-refractivity contribution is 6.32. The van der Waals surface area contributed by atoms with Crippen LogP contribution < -0.4 is 31.3 Å². The number of hydrogen-bond donors (Lipinski definition) is 0. The lowest BCUT2D eigenvalue weighted by Gasteiger charge is -2.32. The summed E-state index contributed by atoms with van der Waals surface area (Å²) in [5, 5.41) is -0.345. The maximum Gasteiger partial charge on any atom is 0.334 e. The van der Waals surface area contributed by atoms with Gasteiger partial charge < -0.3 is 28.9 Å². The maximum absolute atomic E-state index is 15.0. The summed E-state index contributed by atoms with van der Waals surface area (Å²) in [6.45, 7) is 13.6. The molecule has 9 heterocycles. The van der Waals surface area contributed by atoms with E-state index in [2.05, 4.69) is 34.7 Å². The van der Waals surface area contributed by atoms with Crippen molar-refractivity contribution < 1.29 is 46.2 Å². The Hall–Kier alpha value is -11.8. The molecule has 3 aliphatic rings. The van der Waals surface area contributed by atoms with Gasteiger partial charge in [-0.25, -0.2) is 31.9 Å². The van der Waals surface area contributed by atoms with Gasteiger partial charge in [-0.05, 0) is 159 Å². The number of pyridine rings is 3. The smallest absolute Gasteiger partial charge is 0.334 e. The van der Waals surface area contributed by atoms with Crippen molar-refractivity contribution >= 4 is 85.6 Å². The highest BCUT2D eigenvalue weighted by Crippen LogP contribution is 2.37. The fourth-order valence-corrected chi connectivity index (χ4v) is 13.7. The Morgan fingerprint density at radius 1 is 0.423 bits per heavy atom. The van der Waals surface area contributed by atoms with E-state index in [9.17, 15) is 41.9 Å². The first-order valence-corrected chi connectivity index (χ1v) is 33.8. The van der Waals surface area contributed by atoms with Crippen LogP contribution in [0, 0.1) is 23.3 Å². The first kappa shape index (κ1) is 70.6. The summed E-state index contributed by atoms with van der Waals surface area (Å²) in [5.74, 6) is -2.35. The van der Waals surface area contributed by atoms with E-state index in [-0.39, 0.29) is 96.7 Å². The second-order valence-corrected chi connectivity index (χ2v) is 25.4. The summed E-state index contributed by atoms with van der Waals surface area (Å²) >= 11 is 17.7. The van der Waals surface area contributed by atoms with Crippen LogP contribution >= 0.6 is 34.8 Å². The molecule has 0 saturated carbocycles. The van der Waals surface area contributed by atoms with Crippen LogP contribution in [-0.4, -0.2) is 114 Å². The van der Waals surface area contributed by atoms with Crippen LogP contribution in [0.25, 0.3) is 50.2 Å². The van der Waals surface area contributed by atoms with Crippen molar-refractivity contribution in [1.29, 1.82) is 0 Å². The first-order chi connectivity index (χ1) is 50.3. The predicted octanol–water partition coefficient (Wildman–Crippen LogP) is 14.7. The van der Waals surface area contributed by atoms with E-state index in [1.54, 1.807) is 141 Å². The van der Waals surface area contributed by atoms with Gasteiger partial charge in [0.1, 0.15) is 44.7 Å². The molecule has 12 aromatic rings. The van der Waals surface area contributed by atoms with Crippen molar-refractivity contribution in [1.82, 2.24) is 57.1 Å². The lowest BCUT2D eigenvalue weighted by molar-refractivity contribution is -0.127. The van der Waals surface area contributed by atoms with E-state index < -0.39 is 23.3 Å². The molecule has 3 atom stereocenters. The topological polar surface area (TPSA) is 208 Å². The number of likely N-dealkylation sites (tertiary alicyclic amines) is 3. The minimum Gasteiger partial charge on any atom is -0.456 e. The minimum absolute atomic E-state index is 0.0987. The van der Waals surface area contributed by atoms with Crippen molar-refractivity contribution in [3.63, 3.8) is 0 Å². The van der Waals surface area contributed by atoms with E-state index in [0.717, 1.165) is 29.9 Å². The highest BCUT2D eigenvalue weighted by Gasteiger charge is 2.33. The molecule has 6 aromatic carbocycles. The molecular formula is C76H61Cl3F4N12O9. The number of piperidine rings is 1. The van der Waals surface area contributed by atoms with Gasteiger partial charge in [-0.2, -0.15) is 0 Å². The number of nitrogens with zero attached hydrogens (tertiary/aromatic N) is 12. The van der Waals surface area contributed by atoms with Crippen LogP contribution in [0.4, 0.5) is 17.6 Å². The van der Waals surface area contributed by atoms with Gasteiger partial charge in [-0.15, -0.1) is 0 Å². The quantitative estimate of drug-likeness (QED) is 0.0694. The van der Waals surface area contributed by atoms with Gasteiger partial charge in [-0.1, -0.05) is 72.7 Å². The molecule has 0 aliphatic carbocycles. The fraction of sp³-hybridized carbons (Fsp3) is 0.171. The average Bonchev–Trinajstić information content (AvgIpc) is 1.62. The molecule has 3 aliphatic heterocycles. The summed E-state index contributed by atoms with van der Waals surface area (Å²) in [6, 6.07) is 35.3. The standard InChI is InChI=1S/C26H22ClFN4O3.C25H19ClF2N4O3.C25H20ClFN4O3/c1-2-24(33)30-14-4-5-18(16-30)32-21-12-13-29-15-22(21)31(26(32)34)17-8-10-19(11-9-17)35-23-7-3-6-20(28)25(23)27;1-2-23(33)30-11-9-16(14-30)32-19-8-10-29-13-20(19)31(25(32)34)15-6-7-21(18(27)12-15)35-22-5-3-4-17(26)24(22)28;1-2-23(32)29-13-11-17(15-29)31-20-10-12-28-14-21(20)30(25(31)33)16-6-8-18(9-7-16)34-22-5-3-4-19(27)24(22)26/h2-3,6-13,15,18H,1,4-5,14,16H2;2-8,10,12-13,16H,1,9,11,14H2;2-10,12,14,17H,1,11,13,15H2/t18-;16-;17-/m111/s1. The van der Waals surface area contributed by atoms with E-state index in [0.29, 0.717) is 97.1 Å². The summed E-state index contributed by atoms with van der Waals surface area (Å²) < 4.78 is 83.0. The fourth-order valence-electron chi connectivity index (χ4n) is 13.2. The number of amides is 3. The number of aromatic nitrogens is 9. The van der Waals surface area contributed by atoms with Crippen LogP contribution in [0.3, 0.4) is 0 Å². The van der Waals surface area contributed by atoms with Gasteiger partial charge in [0, 0.05) is 63.9 Å². The Labute approximate surface area is 604 Å². The number of hydrogen-bond acceptors (Lipinski definition) is 12. The molecule has 0 N–H and O–H groups in total. The van der Waals surface area contributed by atoms with Crippen LogP contribution in [-0.2, 0) is 14.4 Å². The molecule has 0 bridgehead atoms. The van der Waals surface area contributed by atoms with Crippen molar-refractivity contribution in [3.05, 3.63) is 284 Å². The number of carbonyl (C=O) groups excluding carboxylic acids is 3. The van der Waals surface area contributed by atoms with Crippen molar-refractivity contribution in [3.8, 4) is 51.6 Å². The largest absolute Gasteiger partial charge is 0.456 e. The van der Waals surface area contributed by atoms with Gasteiger partial charge in [0.2, 0.25) is 17.7 Å². The molecule has 0 unspecified atom stereocenters. The third-order valence-corrected chi connectivity index (χ3v) is 19.1. The van der Waals surface area contributed by atoms with E-state index in [1.165, 1.54) is 83.6 Å². The normalized spacial score (nSPS) is 15.6. The zero-order valence-corrected chi connectivity index (χ0v) is 57.4. The maximum atomic E-state index is 15.0. The van der Waals surface area contributed by atoms with Crippen LogP contribution in [0.5, 0.6) is 34.5 Å². The monoisotopic (exact) mass is 1470 g/mol. The molecule has 21 nitrogen and oxygen atoms in total. The Balaban J connectivity index is 0.000000139. The lowest BCUT2D eigenvalue weighted by atomic mass is 10.1. The summed E-state index contributed by atoms with van der Waals surface area (Å²) in [4.78, 5) is 94.6. The molecule has 3 saturated heterocycles. The van der Waals surface area contributed by atoms with Gasteiger partial charge in [-0.3, -0.25) is 56.7 Å². The zero-order chi connectivity index (χ0) is 73.0. The van der Waals surface area contributed by atoms with Crippen LogP contribution in [0.2, 0.25) is 15.1 Å². The van der Waals surface area contributed by atoms with Gasteiger partial charge >= 0.3 is 17.1 Å². The number of halogens is 7.